The maximum Gasteiger partial charge on any atom is 0.0899 e. The predicted octanol–water partition coefficient (Wildman–Crippen LogP) is 13.0. The Labute approximate surface area is 319 Å². The van der Waals surface area contributed by atoms with Crippen LogP contribution in [0.15, 0.2) is 207 Å². The van der Waals surface area contributed by atoms with Gasteiger partial charge in [-0.05, 0) is 88.0 Å². The smallest absolute Gasteiger partial charge is 0.0899 e. The zero-order chi connectivity index (χ0) is 36.6. The van der Waals surface area contributed by atoms with Gasteiger partial charge in [0.1, 0.15) is 0 Å². The second-order valence-corrected chi connectivity index (χ2v) is 13.7. The van der Waals surface area contributed by atoms with Crippen LogP contribution in [0.3, 0.4) is 0 Å². The number of fused-ring (bicyclic) bond motifs is 3. The van der Waals surface area contributed by atoms with Gasteiger partial charge in [0.2, 0.25) is 0 Å². The Balaban J connectivity index is 1.09. The molecule has 0 fully saturated rings. The topological polar surface area (TPSA) is 43.6 Å². The summed E-state index contributed by atoms with van der Waals surface area (Å²) in [7, 11) is 0. The summed E-state index contributed by atoms with van der Waals surface area (Å²) < 4.78 is 2.37. The van der Waals surface area contributed by atoms with Crippen LogP contribution in [0.4, 0.5) is 0 Å². The molecule has 0 radical (unpaired) electrons. The SMILES string of the molecule is c1ccc(-c2ccc(-n3c4ccc(-c5ccc(-c6cc(-c7ccccc7)nc(-c7ccccn7)c6)cc5)cc4c4c(-c5ccccc5)nccc43)cc2)cc1. The third-order valence-electron chi connectivity index (χ3n) is 10.3. The van der Waals surface area contributed by atoms with Gasteiger partial charge in [0.25, 0.3) is 0 Å². The van der Waals surface area contributed by atoms with Crippen LogP contribution in [0, 0.1) is 0 Å². The highest BCUT2D eigenvalue weighted by Gasteiger charge is 2.18. The van der Waals surface area contributed by atoms with Crippen molar-refractivity contribution in [3.8, 4) is 73.0 Å². The summed E-state index contributed by atoms with van der Waals surface area (Å²) in [5.74, 6) is 0. The van der Waals surface area contributed by atoms with E-state index < -0.39 is 0 Å². The Bertz CT molecular complexity index is 2860. The van der Waals surface area contributed by atoms with Gasteiger partial charge in [-0.3, -0.25) is 9.97 Å². The molecule has 10 aromatic rings. The molecule has 258 valence electrons. The second-order valence-electron chi connectivity index (χ2n) is 13.7. The Morgan fingerprint density at radius 1 is 0.327 bits per heavy atom. The quantitative estimate of drug-likeness (QED) is 0.166. The molecule has 0 saturated carbocycles. The van der Waals surface area contributed by atoms with Crippen molar-refractivity contribution in [3.05, 3.63) is 207 Å². The fourth-order valence-electron chi connectivity index (χ4n) is 7.63. The van der Waals surface area contributed by atoms with Crippen LogP contribution < -0.4 is 0 Å². The molecule has 10 rings (SSSR count). The monoisotopic (exact) mass is 702 g/mol. The Morgan fingerprint density at radius 2 is 0.891 bits per heavy atom. The fraction of sp³-hybridized carbons (Fsp3) is 0. The summed E-state index contributed by atoms with van der Waals surface area (Å²) in [6, 6.07) is 68.3. The van der Waals surface area contributed by atoms with Crippen LogP contribution >= 0.6 is 0 Å². The molecule has 6 aromatic carbocycles. The third-order valence-corrected chi connectivity index (χ3v) is 10.3. The second kappa shape index (κ2) is 13.8. The molecular formula is C51H34N4. The lowest BCUT2D eigenvalue weighted by Gasteiger charge is -2.11. The molecule has 0 aliphatic rings. The molecule has 4 nitrogen and oxygen atoms in total. The summed E-state index contributed by atoms with van der Waals surface area (Å²) >= 11 is 0. The molecule has 0 aliphatic heterocycles. The molecule has 0 bridgehead atoms. The Hall–Kier alpha value is -7.43. The summed E-state index contributed by atoms with van der Waals surface area (Å²) in [6.45, 7) is 0. The Kier molecular flexibility index (Phi) is 8.12. The largest absolute Gasteiger partial charge is 0.309 e. The lowest BCUT2D eigenvalue weighted by molar-refractivity contribution is 1.17. The minimum atomic E-state index is 0.848. The highest BCUT2D eigenvalue weighted by atomic mass is 15.0. The van der Waals surface area contributed by atoms with Gasteiger partial charge in [-0.25, -0.2) is 4.98 Å². The molecule has 4 aromatic heterocycles. The highest BCUT2D eigenvalue weighted by Crippen LogP contribution is 2.40. The summed E-state index contributed by atoms with van der Waals surface area (Å²) in [5, 5.41) is 2.30. The molecule has 0 N–H and O–H groups in total. The molecule has 4 heterocycles. The van der Waals surface area contributed by atoms with Gasteiger partial charge in [-0.2, -0.15) is 0 Å². The zero-order valence-corrected chi connectivity index (χ0v) is 29.9. The number of hydrogen-bond acceptors (Lipinski definition) is 3. The van der Waals surface area contributed by atoms with Gasteiger partial charge >= 0.3 is 0 Å². The maximum absolute atomic E-state index is 5.02. The van der Waals surface area contributed by atoms with E-state index in [9.17, 15) is 0 Å². The molecule has 0 unspecified atom stereocenters. The maximum atomic E-state index is 5.02. The van der Waals surface area contributed by atoms with Gasteiger partial charge in [0.15, 0.2) is 0 Å². The van der Waals surface area contributed by atoms with Crippen molar-refractivity contribution in [1.82, 2.24) is 19.5 Å². The minimum Gasteiger partial charge on any atom is -0.309 e. The zero-order valence-electron chi connectivity index (χ0n) is 29.9. The number of benzene rings is 6. The fourth-order valence-corrected chi connectivity index (χ4v) is 7.63. The molecule has 4 heteroatoms. The molecule has 0 amide bonds. The van der Waals surface area contributed by atoms with Crippen LogP contribution in [-0.4, -0.2) is 19.5 Å². The first-order valence-corrected chi connectivity index (χ1v) is 18.5. The molecule has 0 saturated heterocycles. The van der Waals surface area contributed by atoms with E-state index in [2.05, 4.69) is 167 Å². The van der Waals surface area contributed by atoms with E-state index in [0.29, 0.717) is 0 Å². The van der Waals surface area contributed by atoms with Crippen LogP contribution in [0.1, 0.15) is 0 Å². The Morgan fingerprint density at radius 3 is 1.58 bits per heavy atom. The van der Waals surface area contributed by atoms with Gasteiger partial charge in [-0.15, -0.1) is 0 Å². The van der Waals surface area contributed by atoms with Crippen LogP contribution in [0.25, 0.3) is 94.8 Å². The predicted molar refractivity (Wildman–Crippen MR) is 227 cm³/mol. The number of aromatic nitrogens is 4. The van der Waals surface area contributed by atoms with Crippen molar-refractivity contribution in [2.75, 3.05) is 0 Å². The number of rotatable bonds is 7. The lowest BCUT2D eigenvalue weighted by atomic mass is 9.97. The summed E-state index contributed by atoms with van der Waals surface area (Å²) in [4.78, 5) is 14.6. The van der Waals surface area contributed by atoms with Gasteiger partial charge in [0.05, 0.1) is 33.8 Å². The van der Waals surface area contributed by atoms with Crippen molar-refractivity contribution < 1.29 is 0 Å². The van der Waals surface area contributed by atoms with Crippen LogP contribution in [-0.2, 0) is 0 Å². The summed E-state index contributed by atoms with van der Waals surface area (Å²) in [5.41, 5.74) is 16.0. The van der Waals surface area contributed by atoms with E-state index in [1.807, 2.05) is 48.8 Å². The van der Waals surface area contributed by atoms with E-state index in [1.165, 1.54) is 11.1 Å². The van der Waals surface area contributed by atoms with E-state index in [-0.39, 0.29) is 0 Å². The highest BCUT2D eigenvalue weighted by molar-refractivity contribution is 6.15. The van der Waals surface area contributed by atoms with Crippen LogP contribution in [0.5, 0.6) is 0 Å². The van der Waals surface area contributed by atoms with E-state index in [4.69, 9.17) is 9.97 Å². The van der Waals surface area contributed by atoms with Crippen LogP contribution in [0.2, 0.25) is 0 Å². The van der Waals surface area contributed by atoms with E-state index in [0.717, 1.165) is 83.6 Å². The average Bonchev–Trinajstić information content (AvgIpc) is 3.61. The van der Waals surface area contributed by atoms with Crippen molar-refractivity contribution in [3.63, 3.8) is 0 Å². The number of hydrogen-bond donors (Lipinski definition) is 0. The normalized spacial score (nSPS) is 11.3. The van der Waals surface area contributed by atoms with Crippen molar-refractivity contribution in [2.24, 2.45) is 0 Å². The third kappa shape index (κ3) is 6.06. The average molecular weight is 703 g/mol. The van der Waals surface area contributed by atoms with Gasteiger partial charge in [0, 0.05) is 40.0 Å². The summed E-state index contributed by atoms with van der Waals surface area (Å²) in [6.07, 6.45) is 3.75. The number of pyridine rings is 3. The van der Waals surface area contributed by atoms with Crippen molar-refractivity contribution >= 4 is 21.8 Å². The van der Waals surface area contributed by atoms with E-state index in [1.54, 1.807) is 0 Å². The molecule has 0 aliphatic carbocycles. The molecular weight excluding hydrogens is 669 g/mol. The first-order valence-electron chi connectivity index (χ1n) is 18.5. The van der Waals surface area contributed by atoms with Crippen molar-refractivity contribution in [1.29, 1.82) is 0 Å². The first kappa shape index (κ1) is 32.2. The minimum absolute atomic E-state index is 0.848. The molecule has 0 spiro atoms. The van der Waals surface area contributed by atoms with Crippen molar-refractivity contribution in [2.45, 2.75) is 0 Å². The molecule has 0 atom stereocenters. The standard InChI is InChI=1S/C51H34N4/c1-4-12-35(13-5-1)36-23-26-43(27-24-36)55-48-28-25-41(32-44(48)50-49(55)29-31-53-51(50)40-16-8-3-9-17-40)37-19-21-38(22-20-37)42-33-46(39-14-6-2-7-15-39)54-47(34-42)45-18-10-11-30-52-45/h1-34H. The van der Waals surface area contributed by atoms with E-state index >= 15 is 0 Å². The van der Waals surface area contributed by atoms with Gasteiger partial charge < -0.3 is 4.57 Å². The van der Waals surface area contributed by atoms with Gasteiger partial charge in [-0.1, -0.05) is 140 Å². The molecule has 55 heavy (non-hydrogen) atoms. The first-order chi connectivity index (χ1) is 27.3. The number of nitrogens with zero attached hydrogens (tertiary/aromatic N) is 4. The lowest BCUT2D eigenvalue weighted by Crippen LogP contribution is -1.94.